The van der Waals surface area contributed by atoms with E-state index < -0.39 is 23.9 Å². The number of carbonyl (C=O) groups excluding carboxylic acids is 2. The van der Waals surface area contributed by atoms with Crippen molar-refractivity contribution in [3.05, 3.63) is 93.7 Å². The zero-order valence-electron chi connectivity index (χ0n) is 33.1. The lowest BCUT2D eigenvalue weighted by atomic mass is 9.91. The summed E-state index contributed by atoms with van der Waals surface area (Å²) >= 11 is 7.56. The molecule has 3 aliphatic rings. The molecule has 9 rings (SSSR count). The molecule has 60 heavy (non-hydrogen) atoms. The van der Waals surface area contributed by atoms with Crippen LogP contribution in [0.5, 0.6) is 11.6 Å². The van der Waals surface area contributed by atoms with Gasteiger partial charge in [0, 0.05) is 67.8 Å². The number of carbonyl (C=O) groups is 2. The minimum atomic E-state index is -0.824. The number of aromatic nitrogens is 5. The Kier molecular flexibility index (Phi) is 10.8. The summed E-state index contributed by atoms with van der Waals surface area (Å²) in [5, 5.41) is 37.3. The van der Waals surface area contributed by atoms with Crippen molar-refractivity contribution in [2.75, 3.05) is 32.8 Å². The van der Waals surface area contributed by atoms with Crippen molar-refractivity contribution in [2.45, 2.75) is 57.7 Å². The van der Waals surface area contributed by atoms with Gasteiger partial charge in [-0.15, -0.1) is 21.5 Å². The summed E-state index contributed by atoms with van der Waals surface area (Å²) < 4.78 is 25.7. The molecule has 3 fully saturated rings. The Morgan fingerprint density at radius 2 is 1.88 bits per heavy atom. The SMILES string of the molecule is Cc1ncsc1-c1ccc(CNC(=O)[C@@H]2C[C@@H](O)CN2C(=O)[C@@H](c2cc(OCCN3C[C@@H]4C(c5cc6cc(-c7cc(F)cc(Cl)c7O)nnc6[nH]5)[C@@H]4C3)no2)C(C)C)cc1. The molecular formula is C43H44ClFN8O6S. The van der Waals surface area contributed by atoms with E-state index in [1.54, 1.807) is 23.5 Å². The van der Waals surface area contributed by atoms with E-state index >= 15 is 0 Å². The number of aromatic amines is 1. The van der Waals surface area contributed by atoms with E-state index in [-0.39, 0.29) is 59.5 Å². The fourth-order valence-electron chi connectivity index (χ4n) is 8.93. The van der Waals surface area contributed by atoms with Crippen molar-refractivity contribution >= 4 is 45.8 Å². The summed E-state index contributed by atoms with van der Waals surface area (Å²) in [6.07, 6.45) is -0.678. The Morgan fingerprint density at radius 3 is 2.62 bits per heavy atom. The van der Waals surface area contributed by atoms with Gasteiger partial charge >= 0.3 is 0 Å². The number of aryl methyl sites for hydroxylation is 1. The van der Waals surface area contributed by atoms with Crippen molar-refractivity contribution in [2.24, 2.45) is 17.8 Å². The van der Waals surface area contributed by atoms with Crippen LogP contribution in [0.4, 0.5) is 4.39 Å². The molecule has 312 valence electrons. The van der Waals surface area contributed by atoms with Gasteiger partial charge in [0.05, 0.1) is 32.9 Å². The number of aliphatic hydroxyl groups excluding tert-OH is 1. The van der Waals surface area contributed by atoms with E-state index in [1.165, 1.54) is 11.0 Å². The zero-order valence-corrected chi connectivity index (χ0v) is 34.7. The van der Waals surface area contributed by atoms with Crippen molar-refractivity contribution < 1.29 is 33.5 Å². The van der Waals surface area contributed by atoms with Crippen LogP contribution < -0.4 is 10.1 Å². The van der Waals surface area contributed by atoms with Crippen LogP contribution in [0.15, 0.2) is 64.6 Å². The van der Waals surface area contributed by atoms with Crippen molar-refractivity contribution in [1.29, 1.82) is 0 Å². The number of hydrogen-bond acceptors (Lipinski definition) is 12. The fraction of sp³-hybridized carbons (Fsp3) is 0.395. The number of fused-ring (bicyclic) bond motifs is 2. The highest BCUT2D eigenvalue weighted by molar-refractivity contribution is 7.13. The largest absolute Gasteiger partial charge is 0.506 e. The topological polar surface area (TPSA) is 183 Å². The average Bonchev–Trinajstić information content (AvgIpc) is 3.92. The van der Waals surface area contributed by atoms with Crippen LogP contribution in [0, 0.1) is 30.5 Å². The number of halogens is 2. The van der Waals surface area contributed by atoms with Crippen molar-refractivity contribution in [3.63, 3.8) is 0 Å². The number of thiazole rings is 1. The monoisotopic (exact) mass is 854 g/mol. The molecule has 1 unspecified atom stereocenters. The molecule has 1 aliphatic carbocycles. The molecule has 17 heteroatoms. The first-order valence-corrected chi connectivity index (χ1v) is 21.3. The maximum atomic E-state index is 14.1. The van der Waals surface area contributed by atoms with Crippen LogP contribution in [0.3, 0.4) is 0 Å². The summed E-state index contributed by atoms with van der Waals surface area (Å²) in [6.45, 7) is 9.01. The smallest absolute Gasteiger partial charge is 0.254 e. The predicted molar refractivity (Wildman–Crippen MR) is 222 cm³/mol. The first-order chi connectivity index (χ1) is 28.9. The number of benzene rings is 2. The normalized spacial score (nSPS) is 21.8. The minimum Gasteiger partial charge on any atom is -0.506 e. The number of ether oxygens (including phenoxy) is 1. The number of amides is 2. The summed E-state index contributed by atoms with van der Waals surface area (Å²) in [6, 6.07) is 14.8. The number of phenols is 1. The van der Waals surface area contributed by atoms with Crippen LogP contribution >= 0.6 is 22.9 Å². The summed E-state index contributed by atoms with van der Waals surface area (Å²) in [5.41, 5.74) is 6.99. The van der Waals surface area contributed by atoms with Gasteiger partial charge in [0.2, 0.25) is 11.8 Å². The predicted octanol–water partition coefficient (Wildman–Crippen LogP) is 6.28. The molecule has 2 aromatic carbocycles. The van der Waals surface area contributed by atoms with Crippen LogP contribution in [0.25, 0.3) is 32.7 Å². The van der Waals surface area contributed by atoms with E-state index in [0.717, 1.165) is 51.9 Å². The second-order valence-electron chi connectivity index (χ2n) is 16.4. The summed E-state index contributed by atoms with van der Waals surface area (Å²) in [7, 11) is 0. The number of hydrogen-bond donors (Lipinski definition) is 4. The molecule has 1 saturated carbocycles. The third kappa shape index (κ3) is 7.84. The highest BCUT2D eigenvalue weighted by atomic mass is 35.5. The molecular weight excluding hydrogens is 811 g/mol. The molecule has 6 atom stereocenters. The quantitative estimate of drug-likeness (QED) is 0.103. The van der Waals surface area contributed by atoms with Gasteiger partial charge in [0.25, 0.3) is 5.88 Å². The van der Waals surface area contributed by atoms with Crippen LogP contribution in [-0.4, -0.2) is 102 Å². The lowest BCUT2D eigenvalue weighted by Gasteiger charge is -2.28. The Hall–Kier alpha value is -5.42. The Bertz CT molecular complexity index is 2550. The standard InChI is InChI=1S/C43H44ClFN8O6S/c1-21(2)37(43(57)53-17-27(54)14-34(53)42(56)46-16-23-4-6-24(7-5-23)40-22(3)47-20-60-40)35-15-36(51-59-35)58-9-8-52-18-29-30(19-52)38(29)33-11-25-10-32(49-50-41(25)48-33)28-12-26(45)13-31(44)39(28)55/h4-7,10-13,15,20-21,27,29-30,34,37-38,54-55H,8-9,14,16-19H2,1-3H3,(H,46,56)(H,48,50)/t27-,29-,30+,34+,37-,38?/m1/s1. The van der Waals surface area contributed by atoms with Gasteiger partial charge < -0.3 is 34.7 Å². The Morgan fingerprint density at radius 1 is 1.10 bits per heavy atom. The van der Waals surface area contributed by atoms with Gasteiger partial charge in [-0.05, 0) is 65.2 Å². The number of nitrogens with one attached hydrogen (secondary N) is 2. The Balaban J connectivity index is 0.765. The Labute approximate surface area is 353 Å². The molecule has 0 bridgehead atoms. The van der Waals surface area contributed by atoms with Crippen LogP contribution in [0.1, 0.15) is 54.8 Å². The average molecular weight is 855 g/mol. The number of H-pyrrole nitrogens is 1. The number of aromatic hydroxyl groups is 1. The highest BCUT2D eigenvalue weighted by Crippen LogP contribution is 2.58. The first-order valence-electron chi connectivity index (χ1n) is 20.0. The molecule has 4 N–H and O–H groups in total. The first kappa shape index (κ1) is 40.0. The number of β-amino-alcohol motifs (C(OH)–C–C–N with tert-alkyl or cyclic N) is 1. The lowest BCUT2D eigenvalue weighted by Crippen LogP contribution is -2.48. The van der Waals surface area contributed by atoms with E-state index in [1.807, 2.05) is 56.6 Å². The fourth-order valence-corrected chi connectivity index (χ4v) is 9.95. The maximum absolute atomic E-state index is 14.1. The van der Waals surface area contributed by atoms with Gasteiger partial charge in [-0.25, -0.2) is 9.37 Å². The molecule has 14 nitrogen and oxygen atoms in total. The van der Waals surface area contributed by atoms with Gasteiger partial charge in [-0.1, -0.05) is 49.7 Å². The van der Waals surface area contributed by atoms with Gasteiger partial charge in [-0.3, -0.25) is 14.5 Å². The van der Waals surface area contributed by atoms with Gasteiger partial charge in [0.15, 0.2) is 11.4 Å². The second kappa shape index (κ2) is 16.2. The van der Waals surface area contributed by atoms with Gasteiger partial charge in [0.1, 0.15) is 30.1 Å². The number of phenolic OH excluding ortho intramolecular Hbond substituents is 1. The number of nitrogens with zero attached hydrogens (tertiary/aromatic N) is 6. The number of likely N-dealkylation sites (tertiary alicyclic amines) is 2. The van der Waals surface area contributed by atoms with E-state index in [9.17, 15) is 24.2 Å². The summed E-state index contributed by atoms with van der Waals surface area (Å²) in [4.78, 5) is 40.2. The second-order valence-corrected chi connectivity index (χ2v) is 17.6. The van der Waals surface area contributed by atoms with Crippen LogP contribution in [-0.2, 0) is 16.1 Å². The zero-order chi connectivity index (χ0) is 41.8. The third-order valence-corrected chi connectivity index (χ3v) is 13.3. The summed E-state index contributed by atoms with van der Waals surface area (Å²) in [5.74, 6) is -0.403. The third-order valence-electron chi connectivity index (χ3n) is 12.0. The van der Waals surface area contributed by atoms with E-state index in [4.69, 9.17) is 20.9 Å². The van der Waals surface area contributed by atoms with Crippen molar-refractivity contribution in [1.82, 2.24) is 40.4 Å². The molecule has 0 radical (unpaired) electrons. The van der Waals surface area contributed by atoms with E-state index in [0.29, 0.717) is 48.0 Å². The molecule has 2 aliphatic heterocycles. The lowest BCUT2D eigenvalue weighted by molar-refractivity contribution is -0.141. The number of aliphatic hydroxyl groups is 1. The molecule has 2 amide bonds. The maximum Gasteiger partial charge on any atom is 0.254 e. The minimum absolute atomic E-state index is 0.0478. The molecule has 2 saturated heterocycles. The number of piperidine rings is 1. The molecule has 0 spiro atoms. The van der Waals surface area contributed by atoms with Crippen LogP contribution in [0.2, 0.25) is 5.02 Å². The highest BCUT2D eigenvalue weighted by Gasteiger charge is 2.56. The molecule has 6 heterocycles. The van der Waals surface area contributed by atoms with E-state index in [2.05, 4.69) is 35.5 Å². The molecule has 4 aromatic heterocycles. The number of rotatable bonds is 13. The van der Waals surface area contributed by atoms with Crippen molar-refractivity contribution in [3.8, 4) is 33.3 Å². The van der Waals surface area contributed by atoms with Gasteiger partial charge in [-0.2, -0.15) is 0 Å². The molecule has 6 aromatic rings.